The molecule has 1 fully saturated rings. The molecule has 5 nitrogen and oxygen atoms in total. The number of hydrogen-bond donors (Lipinski definition) is 2. The van der Waals surface area contributed by atoms with E-state index in [1.54, 1.807) is 0 Å². The van der Waals surface area contributed by atoms with Crippen LogP contribution in [0, 0.1) is 0 Å². The zero-order valence-corrected chi connectivity index (χ0v) is 12.9. The van der Waals surface area contributed by atoms with Crippen molar-refractivity contribution in [3.8, 4) is 0 Å². The topological polar surface area (TPSA) is 68.2 Å². The summed E-state index contributed by atoms with van der Waals surface area (Å²) in [5, 5.41) is 16.8. The molecule has 2 N–H and O–H groups in total. The van der Waals surface area contributed by atoms with E-state index in [9.17, 15) is 0 Å². The lowest BCUT2D eigenvalue weighted by Gasteiger charge is -2.04. The number of ether oxygens (including phenoxy) is 3. The van der Waals surface area contributed by atoms with Crippen LogP contribution in [0.2, 0.25) is 0 Å². The van der Waals surface area contributed by atoms with E-state index in [4.69, 9.17) is 24.4 Å². The lowest BCUT2D eigenvalue weighted by molar-refractivity contribution is 0.0321. The summed E-state index contributed by atoms with van der Waals surface area (Å²) in [7, 11) is 0. The van der Waals surface area contributed by atoms with Gasteiger partial charge in [0.2, 0.25) is 0 Å². The van der Waals surface area contributed by atoms with E-state index >= 15 is 0 Å². The van der Waals surface area contributed by atoms with Gasteiger partial charge in [-0.15, -0.1) is 0 Å². The van der Waals surface area contributed by atoms with E-state index in [0.29, 0.717) is 19.8 Å². The van der Waals surface area contributed by atoms with Gasteiger partial charge in [0.25, 0.3) is 0 Å². The van der Waals surface area contributed by atoms with Gasteiger partial charge in [0.15, 0.2) is 0 Å². The summed E-state index contributed by atoms with van der Waals surface area (Å²) in [6, 6.07) is 0. The van der Waals surface area contributed by atoms with Gasteiger partial charge in [-0.2, -0.15) is 0 Å². The van der Waals surface area contributed by atoms with Gasteiger partial charge in [0.05, 0.1) is 39.1 Å². The molecule has 0 aliphatic carbocycles. The van der Waals surface area contributed by atoms with Crippen molar-refractivity contribution in [2.45, 2.75) is 51.6 Å². The Labute approximate surface area is 123 Å². The summed E-state index contributed by atoms with van der Waals surface area (Å²) in [6.07, 6.45) is 7.27. The molecule has 0 aromatic heterocycles. The van der Waals surface area contributed by atoms with Crippen molar-refractivity contribution >= 4 is 0 Å². The first-order valence-corrected chi connectivity index (χ1v) is 7.84. The third kappa shape index (κ3) is 14.2. The van der Waals surface area contributed by atoms with Gasteiger partial charge in [-0.05, 0) is 19.3 Å². The second kappa shape index (κ2) is 16.9. The molecule has 1 rings (SSSR count). The van der Waals surface area contributed by atoms with E-state index < -0.39 is 0 Å². The Morgan fingerprint density at radius 2 is 1.75 bits per heavy atom. The van der Waals surface area contributed by atoms with Crippen molar-refractivity contribution in [2.24, 2.45) is 0 Å². The number of aliphatic hydroxyl groups is 2. The smallest absolute Gasteiger partial charge is 0.0806 e. The molecule has 0 aromatic carbocycles. The Bertz CT molecular complexity index is 162. The fraction of sp³-hybridized carbons (Fsp3) is 1.00. The van der Waals surface area contributed by atoms with Gasteiger partial charge in [0, 0.05) is 13.2 Å². The highest BCUT2D eigenvalue weighted by molar-refractivity contribution is 4.61. The van der Waals surface area contributed by atoms with Crippen molar-refractivity contribution in [3.05, 3.63) is 0 Å². The van der Waals surface area contributed by atoms with Gasteiger partial charge >= 0.3 is 0 Å². The Hall–Kier alpha value is -0.200. The molecular formula is C15H32O5. The van der Waals surface area contributed by atoms with E-state index in [1.165, 1.54) is 19.3 Å². The minimum atomic E-state index is 0.0938. The van der Waals surface area contributed by atoms with Crippen molar-refractivity contribution in [3.63, 3.8) is 0 Å². The van der Waals surface area contributed by atoms with Gasteiger partial charge in [-0.25, -0.2) is 0 Å². The van der Waals surface area contributed by atoms with Gasteiger partial charge in [-0.3, -0.25) is 0 Å². The Kier molecular flexibility index (Phi) is 16.7. The van der Waals surface area contributed by atoms with Gasteiger partial charge in [0.1, 0.15) is 0 Å². The monoisotopic (exact) mass is 292 g/mol. The Morgan fingerprint density at radius 1 is 1.00 bits per heavy atom. The number of rotatable bonds is 11. The zero-order valence-electron chi connectivity index (χ0n) is 12.9. The van der Waals surface area contributed by atoms with Crippen molar-refractivity contribution in [1.29, 1.82) is 0 Å². The SMILES string of the molecule is CCCCCCOCCOCCO.OCC1CCCO1. The molecule has 1 saturated heterocycles. The van der Waals surface area contributed by atoms with Crippen molar-refractivity contribution in [1.82, 2.24) is 0 Å². The largest absolute Gasteiger partial charge is 0.394 e. The second-order valence-corrected chi connectivity index (χ2v) is 4.83. The average Bonchev–Trinajstić information content (AvgIpc) is 3.00. The molecule has 1 aliphatic rings. The van der Waals surface area contributed by atoms with Crippen LogP contribution in [0.4, 0.5) is 0 Å². The molecule has 5 heteroatoms. The first-order chi connectivity index (χ1) is 9.85. The molecule has 0 aromatic rings. The van der Waals surface area contributed by atoms with Crippen LogP contribution in [0.1, 0.15) is 45.4 Å². The molecule has 20 heavy (non-hydrogen) atoms. The summed E-state index contributed by atoms with van der Waals surface area (Å²) in [5.41, 5.74) is 0. The zero-order chi connectivity index (χ0) is 14.9. The van der Waals surface area contributed by atoms with Crippen LogP contribution in [0.5, 0.6) is 0 Å². The van der Waals surface area contributed by atoms with Crippen LogP contribution in [-0.4, -0.2) is 62.6 Å². The van der Waals surface area contributed by atoms with Gasteiger partial charge in [-0.1, -0.05) is 26.2 Å². The number of aliphatic hydroxyl groups excluding tert-OH is 2. The molecule has 0 bridgehead atoms. The summed E-state index contributed by atoms with van der Waals surface area (Å²) in [5.74, 6) is 0. The Morgan fingerprint density at radius 3 is 2.25 bits per heavy atom. The minimum Gasteiger partial charge on any atom is -0.394 e. The summed E-state index contributed by atoms with van der Waals surface area (Å²) >= 11 is 0. The van der Waals surface area contributed by atoms with Gasteiger partial charge < -0.3 is 24.4 Å². The van der Waals surface area contributed by atoms with Crippen molar-refractivity contribution in [2.75, 3.05) is 46.2 Å². The molecule has 0 spiro atoms. The summed E-state index contributed by atoms with van der Waals surface area (Å²) in [4.78, 5) is 0. The predicted octanol–water partition coefficient (Wildman–Crippen LogP) is 1.75. The fourth-order valence-corrected chi connectivity index (χ4v) is 1.81. The maximum absolute atomic E-state index is 8.44. The maximum Gasteiger partial charge on any atom is 0.0806 e. The molecule has 0 radical (unpaired) electrons. The standard InChI is InChI=1S/C10H22O3.C5H10O2/c1-2-3-4-5-7-12-9-10-13-8-6-11;6-4-5-2-1-3-7-5/h11H,2-10H2,1H3;5-6H,1-4H2. The number of unbranched alkanes of at least 4 members (excludes halogenated alkanes) is 3. The van der Waals surface area contributed by atoms with E-state index in [1.807, 2.05) is 0 Å². The van der Waals surface area contributed by atoms with Crippen LogP contribution in [-0.2, 0) is 14.2 Å². The highest BCUT2D eigenvalue weighted by Crippen LogP contribution is 2.09. The van der Waals surface area contributed by atoms with Crippen LogP contribution in [0.25, 0.3) is 0 Å². The van der Waals surface area contributed by atoms with Crippen LogP contribution >= 0.6 is 0 Å². The summed E-state index contributed by atoms with van der Waals surface area (Å²) in [6.45, 7) is 5.81. The molecular weight excluding hydrogens is 260 g/mol. The summed E-state index contributed by atoms with van der Waals surface area (Å²) < 4.78 is 15.4. The average molecular weight is 292 g/mol. The highest BCUT2D eigenvalue weighted by Gasteiger charge is 2.12. The Balaban J connectivity index is 0.000000428. The lowest BCUT2D eigenvalue weighted by atomic mass is 10.2. The van der Waals surface area contributed by atoms with Crippen LogP contribution in [0.3, 0.4) is 0 Å². The van der Waals surface area contributed by atoms with E-state index in [-0.39, 0.29) is 19.3 Å². The third-order valence-electron chi connectivity index (χ3n) is 2.98. The second-order valence-electron chi connectivity index (χ2n) is 4.83. The predicted molar refractivity (Wildman–Crippen MR) is 78.9 cm³/mol. The highest BCUT2D eigenvalue weighted by atomic mass is 16.5. The molecule has 1 heterocycles. The maximum atomic E-state index is 8.44. The van der Waals surface area contributed by atoms with E-state index in [0.717, 1.165) is 32.5 Å². The molecule has 0 amide bonds. The van der Waals surface area contributed by atoms with E-state index in [2.05, 4.69) is 6.92 Å². The molecule has 122 valence electrons. The first kappa shape index (κ1) is 19.8. The third-order valence-corrected chi connectivity index (χ3v) is 2.98. The number of hydrogen-bond acceptors (Lipinski definition) is 5. The van der Waals surface area contributed by atoms with Crippen molar-refractivity contribution < 1.29 is 24.4 Å². The molecule has 0 saturated carbocycles. The quantitative estimate of drug-likeness (QED) is 0.568. The first-order valence-electron chi connectivity index (χ1n) is 7.84. The normalized spacial score (nSPS) is 17.9. The minimum absolute atomic E-state index is 0.0938. The molecule has 1 atom stereocenters. The van der Waals surface area contributed by atoms with Crippen LogP contribution < -0.4 is 0 Å². The lowest BCUT2D eigenvalue weighted by Crippen LogP contribution is -2.09. The molecule has 1 unspecified atom stereocenters. The fourth-order valence-electron chi connectivity index (χ4n) is 1.81. The van der Waals surface area contributed by atoms with Crippen LogP contribution in [0.15, 0.2) is 0 Å². The molecule has 1 aliphatic heterocycles.